The van der Waals surface area contributed by atoms with Gasteiger partial charge in [0.15, 0.2) is 0 Å². The Kier molecular flexibility index (Phi) is 4.49. The number of terminal acetylenes is 1. The van der Waals surface area contributed by atoms with Gasteiger partial charge in [0.25, 0.3) is 0 Å². The highest BCUT2D eigenvalue weighted by Gasteiger charge is 1.82. The Morgan fingerprint density at radius 2 is 2.00 bits per heavy atom. The van der Waals surface area contributed by atoms with Gasteiger partial charge < -0.3 is 0 Å². The van der Waals surface area contributed by atoms with Crippen LogP contribution < -0.4 is 0 Å². The van der Waals surface area contributed by atoms with E-state index in [1.807, 2.05) is 18.2 Å². The number of rotatable bonds is 4. The lowest BCUT2D eigenvalue weighted by Gasteiger charge is -1.91. The van der Waals surface area contributed by atoms with E-state index in [4.69, 9.17) is 6.42 Å². The van der Waals surface area contributed by atoms with Gasteiger partial charge in [-0.25, -0.2) is 0 Å². The Morgan fingerprint density at radius 1 is 1.23 bits per heavy atom. The van der Waals surface area contributed by atoms with E-state index in [-0.39, 0.29) is 0 Å². The van der Waals surface area contributed by atoms with Crippen molar-refractivity contribution >= 4 is 6.08 Å². The maximum atomic E-state index is 5.15. The first-order valence-corrected chi connectivity index (χ1v) is 4.58. The Hall–Kier alpha value is -1.48. The smallest absolute Gasteiger partial charge is 0.00890 e. The minimum Gasteiger partial charge on any atom is -0.120 e. The minimum atomic E-state index is 0.874. The predicted octanol–water partition coefficient (Wildman–Crippen LogP) is 3.50. The van der Waals surface area contributed by atoms with E-state index in [0.29, 0.717) is 0 Å². The average molecular weight is 170 g/mol. The number of hydrogen-bond donors (Lipinski definition) is 0. The zero-order valence-electron chi connectivity index (χ0n) is 7.74. The summed E-state index contributed by atoms with van der Waals surface area (Å²) in [5, 5.41) is 0. The van der Waals surface area contributed by atoms with Gasteiger partial charge in [-0.1, -0.05) is 42.5 Å². The lowest BCUT2D eigenvalue weighted by Crippen LogP contribution is -1.70. The summed E-state index contributed by atoms with van der Waals surface area (Å²) in [6.45, 7) is 0. The Bertz CT molecular complexity index is 288. The number of hydrogen-bond acceptors (Lipinski definition) is 0. The average Bonchev–Trinajstić information content (AvgIpc) is 2.19. The Balaban J connectivity index is 2.29. The maximum Gasteiger partial charge on any atom is 0.00890 e. The second kappa shape index (κ2) is 6.08. The van der Waals surface area contributed by atoms with Crippen LogP contribution in [0.3, 0.4) is 0 Å². The third-order valence-electron chi connectivity index (χ3n) is 1.80. The van der Waals surface area contributed by atoms with E-state index in [0.717, 1.165) is 19.3 Å². The molecule has 0 spiro atoms. The van der Waals surface area contributed by atoms with Gasteiger partial charge in [-0.3, -0.25) is 0 Å². The third kappa shape index (κ3) is 4.18. The lowest BCUT2D eigenvalue weighted by atomic mass is 10.2. The molecule has 0 radical (unpaired) electrons. The Labute approximate surface area is 80.3 Å². The van der Waals surface area contributed by atoms with E-state index < -0.39 is 0 Å². The molecule has 0 N–H and O–H groups in total. The first kappa shape index (κ1) is 9.61. The van der Waals surface area contributed by atoms with Crippen molar-refractivity contribution in [3.05, 3.63) is 42.0 Å². The SMILES string of the molecule is C#CCCC/C=C/c1ccccc1. The second-order valence-electron chi connectivity index (χ2n) is 2.91. The van der Waals surface area contributed by atoms with Crippen molar-refractivity contribution in [1.82, 2.24) is 0 Å². The van der Waals surface area contributed by atoms with Crippen LogP contribution in [0, 0.1) is 12.3 Å². The van der Waals surface area contributed by atoms with Crippen molar-refractivity contribution in [3.8, 4) is 12.3 Å². The van der Waals surface area contributed by atoms with Gasteiger partial charge in [-0.2, -0.15) is 0 Å². The molecule has 0 saturated carbocycles. The van der Waals surface area contributed by atoms with Crippen molar-refractivity contribution in [2.24, 2.45) is 0 Å². The molecule has 0 saturated heterocycles. The summed E-state index contributed by atoms with van der Waals surface area (Å²) in [5.74, 6) is 2.63. The zero-order chi connectivity index (χ0) is 9.36. The molecule has 0 atom stereocenters. The van der Waals surface area contributed by atoms with Gasteiger partial charge in [0.2, 0.25) is 0 Å². The summed E-state index contributed by atoms with van der Waals surface area (Å²) < 4.78 is 0. The summed E-state index contributed by atoms with van der Waals surface area (Å²) in [6, 6.07) is 10.3. The molecule has 0 heterocycles. The number of unbranched alkanes of at least 4 members (excludes halogenated alkanes) is 2. The molecule has 66 valence electrons. The monoisotopic (exact) mass is 170 g/mol. The van der Waals surface area contributed by atoms with Crippen LogP contribution in [0.2, 0.25) is 0 Å². The molecular formula is C13H14. The molecule has 0 heteroatoms. The van der Waals surface area contributed by atoms with Gasteiger partial charge in [-0.05, 0) is 18.4 Å². The highest BCUT2D eigenvalue weighted by Crippen LogP contribution is 2.03. The molecule has 0 amide bonds. The number of allylic oxidation sites excluding steroid dienone is 1. The summed E-state index contributed by atoms with van der Waals surface area (Å²) in [7, 11) is 0. The third-order valence-corrected chi connectivity index (χ3v) is 1.80. The lowest BCUT2D eigenvalue weighted by molar-refractivity contribution is 0.888. The molecule has 0 aliphatic carbocycles. The maximum absolute atomic E-state index is 5.15. The normalized spacial score (nSPS) is 10.1. The first-order chi connectivity index (χ1) is 6.43. The van der Waals surface area contributed by atoms with Gasteiger partial charge >= 0.3 is 0 Å². The summed E-state index contributed by atoms with van der Waals surface area (Å²) in [5.41, 5.74) is 1.25. The van der Waals surface area contributed by atoms with Crippen LogP contribution in [0.1, 0.15) is 24.8 Å². The minimum absolute atomic E-state index is 0.874. The summed E-state index contributed by atoms with van der Waals surface area (Å²) in [4.78, 5) is 0. The van der Waals surface area contributed by atoms with Crippen LogP contribution in [0.4, 0.5) is 0 Å². The van der Waals surface area contributed by atoms with Crippen molar-refractivity contribution in [2.75, 3.05) is 0 Å². The molecule has 0 fully saturated rings. The molecule has 13 heavy (non-hydrogen) atoms. The van der Waals surface area contributed by atoms with Crippen LogP contribution in [-0.2, 0) is 0 Å². The molecule has 1 aromatic rings. The van der Waals surface area contributed by atoms with Crippen molar-refractivity contribution in [1.29, 1.82) is 0 Å². The molecule has 0 bridgehead atoms. The van der Waals surface area contributed by atoms with Gasteiger partial charge in [0.1, 0.15) is 0 Å². The number of benzene rings is 1. The molecule has 0 aliphatic heterocycles. The van der Waals surface area contributed by atoms with E-state index in [1.54, 1.807) is 0 Å². The first-order valence-electron chi connectivity index (χ1n) is 4.58. The van der Waals surface area contributed by atoms with Crippen LogP contribution in [0.5, 0.6) is 0 Å². The van der Waals surface area contributed by atoms with Gasteiger partial charge in [-0.15, -0.1) is 12.3 Å². The summed E-state index contributed by atoms with van der Waals surface area (Å²) >= 11 is 0. The van der Waals surface area contributed by atoms with Crippen LogP contribution >= 0.6 is 0 Å². The molecule has 0 nitrogen and oxygen atoms in total. The van der Waals surface area contributed by atoms with Crippen LogP contribution in [0.15, 0.2) is 36.4 Å². The molecule has 0 aliphatic rings. The summed E-state index contributed by atoms with van der Waals surface area (Å²) in [6.07, 6.45) is 12.5. The molecule has 0 unspecified atom stereocenters. The molecule has 1 aromatic carbocycles. The largest absolute Gasteiger partial charge is 0.120 e. The van der Waals surface area contributed by atoms with Crippen LogP contribution in [0.25, 0.3) is 6.08 Å². The quantitative estimate of drug-likeness (QED) is 0.479. The zero-order valence-corrected chi connectivity index (χ0v) is 7.74. The van der Waals surface area contributed by atoms with Crippen molar-refractivity contribution in [3.63, 3.8) is 0 Å². The molecule has 1 rings (SSSR count). The van der Waals surface area contributed by atoms with E-state index >= 15 is 0 Å². The van der Waals surface area contributed by atoms with Gasteiger partial charge in [0.05, 0.1) is 0 Å². The Morgan fingerprint density at radius 3 is 2.69 bits per heavy atom. The van der Waals surface area contributed by atoms with Crippen LogP contribution in [-0.4, -0.2) is 0 Å². The van der Waals surface area contributed by atoms with Crippen molar-refractivity contribution in [2.45, 2.75) is 19.3 Å². The highest BCUT2D eigenvalue weighted by atomic mass is 13.9. The standard InChI is InChI=1S/C13H14/c1-2-3-4-5-7-10-13-11-8-6-9-12-13/h1,6-12H,3-5H2/b10-7+. The van der Waals surface area contributed by atoms with E-state index in [2.05, 4.69) is 30.2 Å². The van der Waals surface area contributed by atoms with Gasteiger partial charge in [0, 0.05) is 6.42 Å². The second-order valence-corrected chi connectivity index (χ2v) is 2.91. The molecular weight excluding hydrogens is 156 g/mol. The predicted molar refractivity (Wildman–Crippen MR) is 58.2 cm³/mol. The van der Waals surface area contributed by atoms with Crippen molar-refractivity contribution < 1.29 is 0 Å². The molecule has 0 aromatic heterocycles. The van der Waals surface area contributed by atoms with E-state index in [9.17, 15) is 0 Å². The fraction of sp³-hybridized carbons (Fsp3) is 0.231. The topological polar surface area (TPSA) is 0 Å². The van der Waals surface area contributed by atoms with E-state index in [1.165, 1.54) is 5.56 Å². The fourth-order valence-electron chi connectivity index (χ4n) is 1.11. The highest BCUT2D eigenvalue weighted by molar-refractivity contribution is 5.48. The fourth-order valence-corrected chi connectivity index (χ4v) is 1.11.